The van der Waals surface area contributed by atoms with Gasteiger partial charge in [-0.1, -0.05) is 146 Å². The number of carbonyl (C=O) groups excluding carboxylic acids is 1. The normalized spacial score (nSPS) is 14.9. The van der Waals surface area contributed by atoms with E-state index in [1.54, 1.807) is 6.08 Å². The molecule has 2 N–H and O–H groups in total. The maximum atomic E-state index is 12.8. The van der Waals surface area contributed by atoms with E-state index in [4.69, 9.17) is 9.05 Å². The highest BCUT2D eigenvalue weighted by Gasteiger charge is 2.23. The van der Waals surface area contributed by atoms with Crippen LogP contribution in [0.25, 0.3) is 0 Å². The summed E-state index contributed by atoms with van der Waals surface area (Å²) < 4.78 is 23.1. The summed E-state index contributed by atoms with van der Waals surface area (Å²) in [7, 11) is 1.22. The van der Waals surface area contributed by atoms with Crippen LogP contribution < -0.4 is 10.2 Å². The summed E-state index contributed by atoms with van der Waals surface area (Å²) in [6, 6.07) is -0.912. The number of allylic oxidation sites excluding steroid dienone is 7. The maximum Gasteiger partial charge on any atom is 0.268 e. The molecule has 0 radical (unpaired) electrons. The summed E-state index contributed by atoms with van der Waals surface area (Å²) in [4.78, 5) is 25.2. The molecular weight excluding hydrogens is 683 g/mol. The quantitative estimate of drug-likeness (QED) is 0.0280. The minimum atomic E-state index is -4.60. The number of likely N-dealkylation sites (N-methyl/N-ethyl adjacent to an activating group) is 1. The molecule has 9 heteroatoms. The van der Waals surface area contributed by atoms with Crippen molar-refractivity contribution in [1.29, 1.82) is 0 Å². The molecule has 0 aromatic heterocycles. The molecule has 0 saturated carbocycles. The highest BCUT2D eigenvalue weighted by atomic mass is 31.2. The van der Waals surface area contributed by atoms with Crippen molar-refractivity contribution in [3.8, 4) is 0 Å². The Bertz CT molecular complexity index is 1010. The number of hydrogen-bond donors (Lipinski definition) is 2. The van der Waals surface area contributed by atoms with Gasteiger partial charge in [0, 0.05) is 6.42 Å². The van der Waals surface area contributed by atoms with Crippen LogP contribution in [0, 0.1) is 0 Å². The van der Waals surface area contributed by atoms with Crippen LogP contribution in [0.3, 0.4) is 0 Å². The first-order valence-electron chi connectivity index (χ1n) is 21.5. The molecule has 0 fully saturated rings. The SMILES string of the molecule is CCCCCCCC/C=C\CCCCCCCC(=O)NC(COP(=O)([O-])OCC[N+](C)(C)C)C(O)/C=C/CC/C=C/CC/C=C/CCCCCCCC. The molecule has 0 spiro atoms. The van der Waals surface area contributed by atoms with E-state index in [2.05, 4.69) is 55.6 Å². The fraction of sp³-hybridized carbons (Fsp3) is 0.795. The van der Waals surface area contributed by atoms with E-state index in [0.717, 1.165) is 64.2 Å². The first kappa shape index (κ1) is 51.5. The Hall–Kier alpha value is -1.54. The van der Waals surface area contributed by atoms with Crippen molar-refractivity contribution in [3.05, 3.63) is 48.6 Å². The van der Waals surface area contributed by atoms with Crippen molar-refractivity contribution in [2.75, 3.05) is 40.9 Å². The van der Waals surface area contributed by atoms with Crippen LogP contribution >= 0.6 is 7.82 Å². The Morgan fingerprint density at radius 3 is 1.53 bits per heavy atom. The summed E-state index contributed by atoms with van der Waals surface area (Å²) in [6.07, 6.45) is 44.4. The fourth-order valence-electron chi connectivity index (χ4n) is 5.76. The number of aliphatic hydroxyl groups excluding tert-OH is 1. The molecule has 53 heavy (non-hydrogen) atoms. The molecule has 0 aliphatic heterocycles. The summed E-state index contributed by atoms with van der Waals surface area (Å²) in [5.41, 5.74) is 0. The lowest BCUT2D eigenvalue weighted by Gasteiger charge is -2.29. The second-order valence-electron chi connectivity index (χ2n) is 15.7. The molecule has 3 atom stereocenters. The molecule has 1 amide bonds. The van der Waals surface area contributed by atoms with Crippen molar-refractivity contribution in [2.24, 2.45) is 0 Å². The van der Waals surface area contributed by atoms with Crippen LogP contribution in [-0.4, -0.2) is 68.5 Å². The maximum absolute atomic E-state index is 12.8. The molecule has 0 aromatic carbocycles. The van der Waals surface area contributed by atoms with Crippen LogP contribution in [0.5, 0.6) is 0 Å². The first-order valence-corrected chi connectivity index (χ1v) is 23.0. The van der Waals surface area contributed by atoms with E-state index < -0.39 is 26.6 Å². The average molecular weight is 767 g/mol. The van der Waals surface area contributed by atoms with Gasteiger partial charge in [-0.25, -0.2) is 0 Å². The van der Waals surface area contributed by atoms with Crippen molar-refractivity contribution >= 4 is 13.7 Å². The van der Waals surface area contributed by atoms with Gasteiger partial charge in [-0.05, 0) is 70.6 Å². The Morgan fingerprint density at radius 1 is 0.642 bits per heavy atom. The molecule has 0 aliphatic rings. The minimum absolute atomic E-state index is 0.0117. The van der Waals surface area contributed by atoms with Crippen LogP contribution in [0.4, 0.5) is 0 Å². The molecule has 0 aliphatic carbocycles. The van der Waals surface area contributed by atoms with Gasteiger partial charge in [-0.2, -0.15) is 0 Å². The summed E-state index contributed by atoms with van der Waals surface area (Å²) in [5.74, 6) is -0.223. The van der Waals surface area contributed by atoms with Crippen LogP contribution in [0.1, 0.15) is 174 Å². The summed E-state index contributed by atoms with van der Waals surface area (Å²) in [5, 5.41) is 13.7. The smallest absolute Gasteiger partial charge is 0.268 e. The number of quaternary nitrogens is 1. The summed E-state index contributed by atoms with van der Waals surface area (Å²) in [6.45, 7) is 4.58. The number of carbonyl (C=O) groups is 1. The molecular formula is C44H83N2O6P. The number of nitrogens with zero attached hydrogens (tertiary/aromatic N) is 1. The van der Waals surface area contributed by atoms with Gasteiger partial charge in [0.2, 0.25) is 5.91 Å². The second-order valence-corrected chi connectivity index (χ2v) is 17.1. The highest BCUT2D eigenvalue weighted by molar-refractivity contribution is 7.45. The molecule has 0 aromatic rings. The fourth-order valence-corrected chi connectivity index (χ4v) is 6.49. The van der Waals surface area contributed by atoms with Gasteiger partial charge in [-0.3, -0.25) is 9.36 Å². The number of nitrogens with one attached hydrogen (secondary N) is 1. The number of phosphoric ester groups is 1. The standard InChI is InChI=1S/C44H83N2O6P/c1-6-8-10-12-14-16-18-20-22-24-25-27-29-31-33-35-37-43(47)42(41-52-53(49,50)51-40-39-46(3,4)5)45-44(48)38-36-34-32-30-28-26-23-21-19-17-15-13-11-9-7-2/h20-23,27,29,35,37,42-43,47H,6-19,24-26,28,30-34,36,38-41H2,1-5H3,(H-,45,48,49,50)/b22-20+,23-21-,29-27+,37-35+. The monoisotopic (exact) mass is 767 g/mol. The Balaban J connectivity index is 4.56. The van der Waals surface area contributed by atoms with Crippen LogP contribution in [0.2, 0.25) is 0 Å². The van der Waals surface area contributed by atoms with E-state index in [9.17, 15) is 19.4 Å². The highest BCUT2D eigenvalue weighted by Crippen LogP contribution is 2.38. The lowest BCUT2D eigenvalue weighted by molar-refractivity contribution is -0.870. The number of aliphatic hydroxyl groups is 1. The molecule has 310 valence electrons. The van der Waals surface area contributed by atoms with E-state index in [1.807, 2.05) is 27.2 Å². The molecule has 0 rings (SSSR count). The number of phosphoric acid groups is 1. The van der Waals surface area contributed by atoms with Gasteiger partial charge in [0.05, 0.1) is 39.9 Å². The number of unbranched alkanes of at least 4 members (excludes halogenated alkanes) is 19. The Kier molecular flexibility index (Phi) is 35.1. The van der Waals surface area contributed by atoms with E-state index in [0.29, 0.717) is 17.4 Å². The largest absolute Gasteiger partial charge is 0.756 e. The van der Waals surface area contributed by atoms with Crippen molar-refractivity contribution < 1.29 is 32.9 Å². The van der Waals surface area contributed by atoms with Crippen LogP contribution in [-0.2, 0) is 18.4 Å². The van der Waals surface area contributed by atoms with Gasteiger partial charge in [-0.15, -0.1) is 0 Å². The Labute approximate surface area is 327 Å². The van der Waals surface area contributed by atoms with Crippen molar-refractivity contribution in [1.82, 2.24) is 5.32 Å². The number of rotatable bonds is 38. The van der Waals surface area contributed by atoms with Gasteiger partial charge < -0.3 is 28.8 Å². The lowest BCUT2D eigenvalue weighted by atomic mass is 10.1. The number of amides is 1. The third kappa shape index (κ3) is 38.5. The Morgan fingerprint density at radius 2 is 1.06 bits per heavy atom. The average Bonchev–Trinajstić information content (AvgIpc) is 3.10. The predicted octanol–water partition coefficient (Wildman–Crippen LogP) is 11.1. The third-order valence-corrected chi connectivity index (χ3v) is 10.2. The molecule has 0 bridgehead atoms. The van der Waals surface area contributed by atoms with Crippen molar-refractivity contribution in [2.45, 2.75) is 187 Å². The van der Waals surface area contributed by atoms with Gasteiger partial charge in [0.15, 0.2) is 0 Å². The summed E-state index contributed by atoms with van der Waals surface area (Å²) >= 11 is 0. The van der Waals surface area contributed by atoms with Crippen molar-refractivity contribution in [3.63, 3.8) is 0 Å². The molecule has 3 unspecified atom stereocenters. The van der Waals surface area contributed by atoms with E-state index in [1.165, 1.54) is 89.9 Å². The van der Waals surface area contributed by atoms with E-state index >= 15 is 0 Å². The number of hydrogen-bond acceptors (Lipinski definition) is 6. The minimum Gasteiger partial charge on any atom is -0.756 e. The van der Waals surface area contributed by atoms with Gasteiger partial charge in [0.25, 0.3) is 7.82 Å². The topological polar surface area (TPSA) is 108 Å². The van der Waals surface area contributed by atoms with Crippen LogP contribution in [0.15, 0.2) is 48.6 Å². The van der Waals surface area contributed by atoms with E-state index in [-0.39, 0.29) is 12.5 Å². The zero-order valence-corrected chi connectivity index (χ0v) is 35.8. The predicted molar refractivity (Wildman–Crippen MR) is 224 cm³/mol. The first-order chi connectivity index (χ1) is 25.5. The molecule has 0 heterocycles. The lowest BCUT2D eigenvalue weighted by Crippen LogP contribution is -2.45. The molecule has 8 nitrogen and oxygen atoms in total. The van der Waals surface area contributed by atoms with Gasteiger partial charge in [0.1, 0.15) is 13.2 Å². The second kappa shape index (κ2) is 36.1. The molecule has 0 saturated heterocycles. The zero-order valence-electron chi connectivity index (χ0n) is 35.0. The third-order valence-electron chi connectivity index (χ3n) is 9.24. The zero-order chi connectivity index (χ0) is 39.3. The van der Waals surface area contributed by atoms with Gasteiger partial charge >= 0.3 is 0 Å².